The van der Waals surface area contributed by atoms with Crippen LogP contribution in [-0.4, -0.2) is 80.2 Å². The quantitative estimate of drug-likeness (QED) is 0.238. The van der Waals surface area contributed by atoms with Crippen molar-refractivity contribution in [2.45, 2.75) is 69.9 Å². The van der Waals surface area contributed by atoms with E-state index in [1.54, 1.807) is 36.3 Å². The second-order valence-corrected chi connectivity index (χ2v) is 12.2. The number of amides is 3. The molecular weight excluding hydrogens is 518 g/mol. The van der Waals surface area contributed by atoms with E-state index in [2.05, 4.69) is 20.9 Å². The molecule has 3 amide bonds. The first-order chi connectivity index (χ1) is 17.6. The molecule has 1 saturated heterocycles. The number of ether oxygens (including phenoxy) is 1. The second kappa shape index (κ2) is 13.9. The topological polar surface area (TPSA) is 152 Å². The van der Waals surface area contributed by atoms with Gasteiger partial charge >= 0.3 is 5.97 Å². The van der Waals surface area contributed by atoms with E-state index in [1.807, 2.05) is 13.8 Å². The van der Waals surface area contributed by atoms with Gasteiger partial charge in [0.15, 0.2) is 0 Å². The van der Waals surface area contributed by atoms with Crippen molar-refractivity contribution in [2.24, 2.45) is 13.0 Å². The number of hydrogen-bond acceptors (Lipinski definition) is 9. The van der Waals surface area contributed by atoms with Gasteiger partial charge in [0.05, 0.1) is 31.0 Å². The Balaban J connectivity index is 1.96. The highest BCUT2D eigenvalue weighted by Crippen LogP contribution is 2.23. The minimum atomic E-state index is -1.04. The molecule has 0 unspecified atom stereocenters. The average Bonchev–Trinajstić information content (AvgIpc) is 3.22. The normalized spacial score (nSPS) is 29.7. The molecule has 3 aliphatic rings. The van der Waals surface area contributed by atoms with Gasteiger partial charge in [-0.1, -0.05) is 41.5 Å². The maximum Gasteiger partial charge on any atom is 0.309 e. The molecule has 37 heavy (non-hydrogen) atoms. The van der Waals surface area contributed by atoms with Crippen molar-refractivity contribution in [3.8, 4) is 0 Å². The Labute approximate surface area is 224 Å². The lowest BCUT2D eigenvalue weighted by molar-refractivity contribution is -0.150. The van der Waals surface area contributed by atoms with Gasteiger partial charge in [0, 0.05) is 37.2 Å². The molecule has 2 bridgehead atoms. The molecule has 13 heteroatoms. The van der Waals surface area contributed by atoms with E-state index in [-0.39, 0.29) is 31.6 Å². The highest BCUT2D eigenvalue weighted by Gasteiger charge is 2.31. The third-order valence-corrected chi connectivity index (χ3v) is 8.30. The first kappa shape index (κ1) is 29.1. The SMILES string of the molecule is CC(C)[C@H]1C[C@@H](O)CC(=O)O[C@@H]2/C=C/CSSC[C@@H](NC(=O)[C@H](Cc3cn(C)cn3)NC(=O)C2)C(=O)N1. The van der Waals surface area contributed by atoms with Crippen molar-refractivity contribution in [1.82, 2.24) is 25.5 Å². The lowest BCUT2D eigenvalue weighted by atomic mass is 9.96. The monoisotopic (exact) mass is 553 g/mol. The predicted octanol–water partition coefficient (Wildman–Crippen LogP) is 0.481. The number of imidazole rings is 1. The molecular formula is C24H35N5O6S2. The molecule has 3 aliphatic heterocycles. The summed E-state index contributed by atoms with van der Waals surface area (Å²) in [5.74, 6) is -1.24. The zero-order chi connectivity index (χ0) is 26.9. The zero-order valence-electron chi connectivity index (χ0n) is 21.2. The maximum atomic E-state index is 13.4. The summed E-state index contributed by atoms with van der Waals surface area (Å²) in [6, 6.07) is -2.29. The van der Waals surface area contributed by atoms with Crippen LogP contribution in [0, 0.1) is 5.92 Å². The number of aromatic nitrogens is 2. The summed E-state index contributed by atoms with van der Waals surface area (Å²) in [5.41, 5.74) is 0.598. The van der Waals surface area contributed by atoms with Gasteiger partial charge in [0.25, 0.3) is 0 Å². The minimum Gasteiger partial charge on any atom is -0.457 e. The van der Waals surface area contributed by atoms with Crippen LogP contribution in [0.1, 0.15) is 38.8 Å². The van der Waals surface area contributed by atoms with Crippen molar-refractivity contribution in [3.05, 3.63) is 30.4 Å². The molecule has 4 N–H and O–H groups in total. The summed E-state index contributed by atoms with van der Waals surface area (Å²) in [6.07, 6.45) is 4.70. The molecule has 204 valence electrons. The Morgan fingerprint density at radius 2 is 1.92 bits per heavy atom. The summed E-state index contributed by atoms with van der Waals surface area (Å²) in [4.78, 5) is 56.5. The molecule has 1 aromatic rings. The Hall–Kier alpha value is -2.51. The lowest BCUT2D eigenvalue weighted by Crippen LogP contribution is -2.57. The summed E-state index contributed by atoms with van der Waals surface area (Å²) in [6.45, 7) is 3.81. The van der Waals surface area contributed by atoms with Gasteiger partial charge in [-0.2, -0.15) is 0 Å². The van der Waals surface area contributed by atoms with Crippen LogP contribution in [0.5, 0.6) is 0 Å². The molecule has 0 radical (unpaired) electrons. The Bertz CT molecular complexity index is 1000. The first-order valence-electron chi connectivity index (χ1n) is 12.3. The number of carbonyl (C=O) groups is 4. The first-order valence-corrected chi connectivity index (χ1v) is 14.7. The second-order valence-electron chi connectivity index (χ2n) is 9.60. The number of hydrogen-bond donors (Lipinski definition) is 4. The van der Waals surface area contributed by atoms with Gasteiger partial charge in [-0.05, 0) is 18.4 Å². The van der Waals surface area contributed by atoms with Crippen molar-refractivity contribution >= 4 is 45.3 Å². The molecule has 0 spiro atoms. The number of aliphatic hydroxyl groups excluding tert-OH is 1. The third kappa shape index (κ3) is 9.38. The van der Waals surface area contributed by atoms with Crippen LogP contribution in [0.2, 0.25) is 0 Å². The summed E-state index contributed by atoms with van der Waals surface area (Å²) in [5, 5.41) is 19.0. The fourth-order valence-electron chi connectivity index (χ4n) is 4.01. The number of aliphatic hydroxyl groups is 1. The zero-order valence-corrected chi connectivity index (χ0v) is 22.8. The number of nitrogens with one attached hydrogen (secondary N) is 3. The van der Waals surface area contributed by atoms with E-state index in [1.165, 1.54) is 21.6 Å². The van der Waals surface area contributed by atoms with Gasteiger partial charge in [0.2, 0.25) is 17.7 Å². The number of rotatable bonds is 3. The lowest BCUT2D eigenvalue weighted by Gasteiger charge is -2.29. The van der Waals surface area contributed by atoms with E-state index < -0.39 is 54.0 Å². The van der Waals surface area contributed by atoms with Crippen LogP contribution in [0.4, 0.5) is 0 Å². The molecule has 4 rings (SSSR count). The summed E-state index contributed by atoms with van der Waals surface area (Å²) in [7, 11) is 4.71. The number of aryl methyl sites for hydroxylation is 1. The largest absolute Gasteiger partial charge is 0.457 e. The highest BCUT2D eigenvalue weighted by atomic mass is 33.1. The average molecular weight is 554 g/mol. The van der Waals surface area contributed by atoms with E-state index in [0.29, 0.717) is 17.2 Å². The number of nitrogens with zero attached hydrogens (tertiary/aromatic N) is 2. The molecule has 0 saturated carbocycles. The van der Waals surface area contributed by atoms with Crippen LogP contribution < -0.4 is 16.0 Å². The van der Waals surface area contributed by atoms with Gasteiger partial charge in [0.1, 0.15) is 18.2 Å². The maximum absolute atomic E-state index is 13.4. The van der Waals surface area contributed by atoms with Crippen LogP contribution in [0.15, 0.2) is 24.7 Å². The van der Waals surface area contributed by atoms with Crippen LogP contribution in [0.3, 0.4) is 0 Å². The van der Waals surface area contributed by atoms with Gasteiger partial charge in [-0.25, -0.2) is 4.98 Å². The van der Waals surface area contributed by atoms with Crippen molar-refractivity contribution in [1.29, 1.82) is 0 Å². The van der Waals surface area contributed by atoms with Crippen LogP contribution >= 0.6 is 21.6 Å². The molecule has 1 aromatic heterocycles. The number of esters is 1. The van der Waals surface area contributed by atoms with Crippen molar-refractivity contribution in [3.63, 3.8) is 0 Å². The highest BCUT2D eigenvalue weighted by molar-refractivity contribution is 8.76. The summed E-state index contributed by atoms with van der Waals surface area (Å²) < 4.78 is 7.25. The Morgan fingerprint density at radius 3 is 2.62 bits per heavy atom. The van der Waals surface area contributed by atoms with E-state index in [0.717, 1.165) is 0 Å². The number of carbonyl (C=O) groups excluding carboxylic acids is 4. The Kier molecular flexibility index (Phi) is 10.9. The van der Waals surface area contributed by atoms with Gasteiger partial charge < -0.3 is 30.4 Å². The standard InChI is InChI=1S/C24H35N5O6S2/c1-14(2)18-8-16(30)9-22(32)35-17-5-4-6-36-37-12-20(24(34)27-18)28-23(33)19(26-21(31)10-17)7-15-11-29(3)13-25-15/h4-5,11,13-14,16-20,30H,6-10,12H2,1-3H3,(H,26,31)(H,27,34)(H,28,33)/b5-4+/t16-,17-,18-,19+,20-/m1/s1. The summed E-state index contributed by atoms with van der Waals surface area (Å²) >= 11 is 0. The fourth-order valence-corrected chi connectivity index (χ4v) is 5.98. The molecule has 5 atom stereocenters. The fraction of sp³-hybridized carbons (Fsp3) is 0.625. The van der Waals surface area contributed by atoms with E-state index in [4.69, 9.17) is 4.74 Å². The molecule has 4 heterocycles. The van der Waals surface area contributed by atoms with Crippen LogP contribution in [-0.2, 0) is 37.4 Å². The molecule has 1 fully saturated rings. The van der Waals surface area contributed by atoms with E-state index in [9.17, 15) is 24.3 Å². The molecule has 0 aromatic carbocycles. The molecule has 0 aliphatic carbocycles. The van der Waals surface area contributed by atoms with Gasteiger partial charge in [-0.15, -0.1) is 0 Å². The van der Waals surface area contributed by atoms with Crippen LogP contribution in [0.25, 0.3) is 0 Å². The molecule has 11 nitrogen and oxygen atoms in total. The predicted molar refractivity (Wildman–Crippen MR) is 141 cm³/mol. The van der Waals surface area contributed by atoms with E-state index >= 15 is 0 Å². The van der Waals surface area contributed by atoms with Crippen molar-refractivity contribution < 1.29 is 29.0 Å². The van der Waals surface area contributed by atoms with Gasteiger partial charge in [-0.3, -0.25) is 19.2 Å². The third-order valence-electron chi connectivity index (χ3n) is 6.02. The van der Waals surface area contributed by atoms with Crippen molar-refractivity contribution in [2.75, 3.05) is 11.5 Å². The Morgan fingerprint density at radius 1 is 1.14 bits per heavy atom. The smallest absolute Gasteiger partial charge is 0.309 e. The number of fused-ring (bicyclic) bond motifs is 16. The minimum absolute atomic E-state index is 0.0300.